The number of rotatable bonds is 3. The summed E-state index contributed by atoms with van der Waals surface area (Å²) in [6, 6.07) is 3.62. The Hall–Kier alpha value is -2.31. The SMILES string of the molecule is CC(=O)N1CCCN(C(=O)C2CC(=O)N(Cc3ccco3)C2)CC1. The predicted molar refractivity (Wildman–Crippen MR) is 85.7 cm³/mol. The van der Waals surface area contributed by atoms with Crippen LogP contribution in [0.2, 0.25) is 0 Å². The van der Waals surface area contributed by atoms with Gasteiger partial charge in [0.2, 0.25) is 17.7 Å². The van der Waals surface area contributed by atoms with Crippen LogP contribution in [0.15, 0.2) is 22.8 Å². The van der Waals surface area contributed by atoms with Crippen LogP contribution in [-0.2, 0) is 20.9 Å². The Morgan fingerprint density at radius 1 is 1.21 bits per heavy atom. The maximum atomic E-state index is 12.7. The number of furan rings is 1. The van der Waals surface area contributed by atoms with Gasteiger partial charge in [0.1, 0.15) is 5.76 Å². The highest BCUT2D eigenvalue weighted by molar-refractivity contribution is 5.89. The molecular formula is C17H23N3O4. The third kappa shape index (κ3) is 3.60. The molecule has 2 fully saturated rings. The zero-order chi connectivity index (χ0) is 17.1. The van der Waals surface area contributed by atoms with E-state index in [2.05, 4.69) is 0 Å². The second-order valence-electron chi connectivity index (χ2n) is 6.44. The summed E-state index contributed by atoms with van der Waals surface area (Å²) in [7, 11) is 0. The summed E-state index contributed by atoms with van der Waals surface area (Å²) >= 11 is 0. The highest BCUT2D eigenvalue weighted by Crippen LogP contribution is 2.23. The molecule has 2 aliphatic heterocycles. The Morgan fingerprint density at radius 2 is 1.96 bits per heavy atom. The first-order chi connectivity index (χ1) is 11.5. The molecule has 3 rings (SSSR count). The number of amides is 3. The summed E-state index contributed by atoms with van der Waals surface area (Å²) in [6.45, 7) is 4.84. The van der Waals surface area contributed by atoms with Gasteiger partial charge < -0.3 is 19.1 Å². The molecule has 1 atom stereocenters. The Labute approximate surface area is 141 Å². The first kappa shape index (κ1) is 16.5. The summed E-state index contributed by atoms with van der Waals surface area (Å²) < 4.78 is 5.28. The summed E-state index contributed by atoms with van der Waals surface area (Å²) in [6.07, 6.45) is 2.62. The molecule has 1 aromatic rings. The average Bonchev–Trinajstić information content (AvgIpc) is 3.10. The Morgan fingerprint density at radius 3 is 2.67 bits per heavy atom. The van der Waals surface area contributed by atoms with Gasteiger partial charge in [-0.3, -0.25) is 14.4 Å². The first-order valence-electron chi connectivity index (χ1n) is 8.39. The Kier molecular flexibility index (Phi) is 4.87. The Balaban J connectivity index is 1.57. The van der Waals surface area contributed by atoms with Gasteiger partial charge in [-0.25, -0.2) is 0 Å². The summed E-state index contributed by atoms with van der Waals surface area (Å²) in [4.78, 5) is 41.7. The van der Waals surface area contributed by atoms with E-state index in [9.17, 15) is 14.4 Å². The van der Waals surface area contributed by atoms with Gasteiger partial charge in [-0.2, -0.15) is 0 Å². The third-order valence-corrected chi connectivity index (χ3v) is 4.74. The largest absolute Gasteiger partial charge is 0.467 e. The van der Waals surface area contributed by atoms with Gasteiger partial charge in [0, 0.05) is 46.1 Å². The smallest absolute Gasteiger partial charge is 0.228 e. The maximum absolute atomic E-state index is 12.7. The standard InChI is InChI=1S/C17H23N3O4/c1-13(21)18-5-3-6-19(8-7-18)17(23)14-10-16(22)20(11-14)12-15-4-2-9-24-15/h2,4,9,14H,3,5-8,10-12H2,1H3. The van der Waals surface area contributed by atoms with E-state index >= 15 is 0 Å². The lowest BCUT2D eigenvalue weighted by atomic mass is 10.1. The Bertz CT molecular complexity index is 613. The minimum Gasteiger partial charge on any atom is -0.467 e. The second-order valence-corrected chi connectivity index (χ2v) is 6.44. The fourth-order valence-corrected chi connectivity index (χ4v) is 3.39. The fraction of sp³-hybridized carbons (Fsp3) is 0.588. The molecule has 2 saturated heterocycles. The molecule has 0 spiro atoms. The van der Waals surface area contributed by atoms with E-state index in [1.165, 1.54) is 0 Å². The number of hydrogen-bond acceptors (Lipinski definition) is 4. The first-order valence-corrected chi connectivity index (χ1v) is 8.39. The van der Waals surface area contributed by atoms with Crippen molar-refractivity contribution in [2.45, 2.75) is 26.3 Å². The fourth-order valence-electron chi connectivity index (χ4n) is 3.39. The second kappa shape index (κ2) is 7.07. The summed E-state index contributed by atoms with van der Waals surface area (Å²) in [5.41, 5.74) is 0. The van der Waals surface area contributed by atoms with Crippen LogP contribution in [0.5, 0.6) is 0 Å². The number of carbonyl (C=O) groups excluding carboxylic acids is 3. The molecule has 7 nitrogen and oxygen atoms in total. The molecule has 3 heterocycles. The van der Waals surface area contributed by atoms with Crippen molar-refractivity contribution in [1.29, 1.82) is 0 Å². The maximum Gasteiger partial charge on any atom is 0.228 e. The van der Waals surface area contributed by atoms with E-state index in [4.69, 9.17) is 4.42 Å². The number of nitrogens with zero attached hydrogens (tertiary/aromatic N) is 3. The topological polar surface area (TPSA) is 74.1 Å². The molecule has 2 aliphatic rings. The monoisotopic (exact) mass is 333 g/mol. The van der Waals surface area contributed by atoms with Crippen LogP contribution >= 0.6 is 0 Å². The quantitative estimate of drug-likeness (QED) is 0.816. The van der Waals surface area contributed by atoms with Crippen molar-refractivity contribution in [3.05, 3.63) is 24.2 Å². The van der Waals surface area contributed by atoms with Gasteiger partial charge >= 0.3 is 0 Å². The third-order valence-electron chi connectivity index (χ3n) is 4.74. The van der Waals surface area contributed by atoms with Gasteiger partial charge in [0.05, 0.1) is 18.7 Å². The van der Waals surface area contributed by atoms with Crippen molar-refractivity contribution in [2.75, 3.05) is 32.7 Å². The van der Waals surface area contributed by atoms with E-state index in [1.54, 1.807) is 34.0 Å². The minimum atomic E-state index is -0.295. The lowest BCUT2D eigenvalue weighted by molar-refractivity contribution is -0.136. The van der Waals surface area contributed by atoms with Crippen LogP contribution < -0.4 is 0 Å². The molecule has 0 radical (unpaired) electrons. The number of carbonyl (C=O) groups is 3. The van der Waals surface area contributed by atoms with Crippen LogP contribution in [0.4, 0.5) is 0 Å². The average molecular weight is 333 g/mol. The van der Waals surface area contributed by atoms with Crippen molar-refractivity contribution >= 4 is 17.7 Å². The summed E-state index contributed by atoms with van der Waals surface area (Å²) in [5, 5.41) is 0. The highest BCUT2D eigenvalue weighted by atomic mass is 16.3. The molecule has 1 unspecified atom stereocenters. The molecule has 130 valence electrons. The zero-order valence-electron chi connectivity index (χ0n) is 13.9. The number of hydrogen-bond donors (Lipinski definition) is 0. The van der Waals surface area contributed by atoms with Gasteiger partial charge in [-0.1, -0.05) is 0 Å². The van der Waals surface area contributed by atoms with Gasteiger partial charge in [0.15, 0.2) is 0 Å². The zero-order valence-corrected chi connectivity index (χ0v) is 13.9. The lowest BCUT2D eigenvalue weighted by Gasteiger charge is -2.24. The predicted octanol–water partition coefficient (Wildman–Crippen LogP) is 0.709. The molecule has 0 aromatic carbocycles. The van der Waals surface area contributed by atoms with Crippen molar-refractivity contribution in [2.24, 2.45) is 5.92 Å². The van der Waals surface area contributed by atoms with Crippen LogP contribution in [0, 0.1) is 5.92 Å². The van der Waals surface area contributed by atoms with Crippen LogP contribution in [0.3, 0.4) is 0 Å². The van der Waals surface area contributed by atoms with E-state index in [-0.39, 0.29) is 30.1 Å². The van der Waals surface area contributed by atoms with Crippen LogP contribution in [0.1, 0.15) is 25.5 Å². The van der Waals surface area contributed by atoms with E-state index in [0.717, 1.165) is 12.2 Å². The number of likely N-dealkylation sites (tertiary alicyclic amines) is 1. The van der Waals surface area contributed by atoms with Crippen molar-refractivity contribution < 1.29 is 18.8 Å². The van der Waals surface area contributed by atoms with Crippen molar-refractivity contribution in [3.8, 4) is 0 Å². The molecule has 7 heteroatoms. The van der Waals surface area contributed by atoms with Crippen molar-refractivity contribution in [3.63, 3.8) is 0 Å². The molecule has 24 heavy (non-hydrogen) atoms. The van der Waals surface area contributed by atoms with E-state index < -0.39 is 0 Å². The normalized spacial score (nSPS) is 22.0. The van der Waals surface area contributed by atoms with Gasteiger partial charge in [-0.05, 0) is 18.6 Å². The molecule has 0 N–H and O–H groups in total. The summed E-state index contributed by atoms with van der Waals surface area (Å²) in [5.74, 6) is 0.491. The molecular weight excluding hydrogens is 310 g/mol. The van der Waals surface area contributed by atoms with Crippen LogP contribution in [0.25, 0.3) is 0 Å². The lowest BCUT2D eigenvalue weighted by Crippen LogP contribution is -2.40. The van der Waals surface area contributed by atoms with E-state index in [0.29, 0.717) is 39.3 Å². The molecule has 0 aliphatic carbocycles. The minimum absolute atomic E-state index is 0.00932. The molecule has 0 saturated carbocycles. The molecule has 3 amide bonds. The van der Waals surface area contributed by atoms with Crippen molar-refractivity contribution in [1.82, 2.24) is 14.7 Å². The van der Waals surface area contributed by atoms with Gasteiger partial charge in [-0.15, -0.1) is 0 Å². The molecule has 1 aromatic heterocycles. The van der Waals surface area contributed by atoms with E-state index in [1.807, 2.05) is 6.07 Å². The van der Waals surface area contributed by atoms with Gasteiger partial charge in [0.25, 0.3) is 0 Å². The molecule has 0 bridgehead atoms. The highest BCUT2D eigenvalue weighted by Gasteiger charge is 2.37. The van der Waals surface area contributed by atoms with Crippen LogP contribution in [-0.4, -0.2) is 65.1 Å².